The second-order valence-electron chi connectivity index (χ2n) is 4.33. The van der Waals surface area contributed by atoms with Gasteiger partial charge in [-0.1, -0.05) is 18.2 Å². The molecule has 1 aromatic rings. The lowest BCUT2D eigenvalue weighted by atomic mass is 9.88. The molecule has 0 radical (unpaired) electrons. The third-order valence-electron chi connectivity index (χ3n) is 2.77. The van der Waals surface area contributed by atoms with Crippen LogP contribution in [-0.2, 0) is 0 Å². The highest BCUT2D eigenvalue weighted by Gasteiger charge is 2.27. The molecule has 1 atom stereocenters. The highest BCUT2D eigenvalue weighted by atomic mass is 16.3. The van der Waals surface area contributed by atoms with Crippen LogP contribution < -0.4 is 11.1 Å². The lowest BCUT2D eigenvalue weighted by Crippen LogP contribution is -2.45. The van der Waals surface area contributed by atoms with E-state index in [2.05, 4.69) is 5.32 Å². The van der Waals surface area contributed by atoms with Gasteiger partial charge in [-0.25, -0.2) is 0 Å². The maximum atomic E-state index is 9.22. The molecule has 3 heteroatoms. The van der Waals surface area contributed by atoms with Crippen molar-refractivity contribution in [1.29, 1.82) is 0 Å². The fourth-order valence-electron chi connectivity index (χ4n) is 1.59. The number of nitrogens with two attached hydrogens (primary N) is 1. The zero-order chi connectivity index (χ0) is 11.3. The van der Waals surface area contributed by atoms with Crippen molar-refractivity contribution in [2.45, 2.75) is 19.4 Å². The van der Waals surface area contributed by atoms with Crippen molar-refractivity contribution in [1.82, 2.24) is 0 Å². The zero-order valence-electron chi connectivity index (χ0n) is 9.40. The van der Waals surface area contributed by atoms with E-state index in [9.17, 15) is 5.11 Å². The first kappa shape index (κ1) is 12.0. The molecule has 0 aliphatic heterocycles. The predicted octanol–water partition coefficient (Wildman–Crippen LogP) is 1.44. The van der Waals surface area contributed by atoms with Crippen molar-refractivity contribution in [3.05, 3.63) is 30.3 Å². The number of hydrogen-bond donors (Lipinski definition) is 3. The van der Waals surface area contributed by atoms with E-state index in [0.717, 1.165) is 5.69 Å². The summed E-state index contributed by atoms with van der Waals surface area (Å²) >= 11 is 0. The molecule has 1 unspecified atom stereocenters. The van der Waals surface area contributed by atoms with Gasteiger partial charge in [-0.2, -0.15) is 0 Å². The fraction of sp³-hybridized carbons (Fsp3) is 0.500. The number of nitrogens with one attached hydrogen (secondary N) is 1. The Hall–Kier alpha value is -1.06. The van der Waals surface area contributed by atoms with E-state index in [1.807, 2.05) is 44.2 Å². The highest BCUT2D eigenvalue weighted by Crippen LogP contribution is 2.21. The van der Waals surface area contributed by atoms with E-state index < -0.39 is 0 Å². The first-order valence-corrected chi connectivity index (χ1v) is 5.24. The van der Waals surface area contributed by atoms with Crippen molar-refractivity contribution < 1.29 is 5.11 Å². The molecule has 0 bridgehead atoms. The number of aliphatic hydroxyl groups excluding tert-OH is 1. The minimum absolute atomic E-state index is 0.0534. The van der Waals surface area contributed by atoms with Crippen LogP contribution in [0.15, 0.2) is 30.3 Å². The molecule has 84 valence electrons. The zero-order valence-corrected chi connectivity index (χ0v) is 9.40. The molecule has 0 fully saturated rings. The Bertz CT molecular complexity index is 281. The van der Waals surface area contributed by atoms with E-state index in [-0.39, 0.29) is 18.1 Å². The largest absolute Gasteiger partial charge is 0.396 e. The van der Waals surface area contributed by atoms with Gasteiger partial charge in [0, 0.05) is 23.8 Å². The van der Waals surface area contributed by atoms with Crippen molar-refractivity contribution >= 4 is 5.69 Å². The molecule has 0 aliphatic rings. The van der Waals surface area contributed by atoms with Gasteiger partial charge in [-0.15, -0.1) is 0 Å². The minimum Gasteiger partial charge on any atom is -0.396 e. The van der Waals surface area contributed by atoms with E-state index in [1.165, 1.54) is 0 Å². The number of aliphatic hydroxyl groups is 1. The van der Waals surface area contributed by atoms with Crippen LogP contribution in [0.4, 0.5) is 5.69 Å². The van der Waals surface area contributed by atoms with Gasteiger partial charge in [-0.3, -0.25) is 0 Å². The van der Waals surface area contributed by atoms with Crippen LogP contribution in [-0.4, -0.2) is 23.8 Å². The van der Waals surface area contributed by atoms with Crippen LogP contribution in [0.1, 0.15) is 13.8 Å². The molecule has 0 saturated carbocycles. The van der Waals surface area contributed by atoms with Crippen LogP contribution in [0.2, 0.25) is 0 Å². The maximum Gasteiger partial charge on any atom is 0.0493 e. The number of rotatable bonds is 5. The van der Waals surface area contributed by atoms with Crippen LogP contribution in [0.3, 0.4) is 0 Å². The average Bonchev–Trinajstić information content (AvgIpc) is 2.19. The molecule has 0 aromatic heterocycles. The van der Waals surface area contributed by atoms with Gasteiger partial charge in [0.25, 0.3) is 0 Å². The highest BCUT2D eigenvalue weighted by molar-refractivity contribution is 5.44. The molecule has 1 aromatic carbocycles. The molecule has 0 aliphatic carbocycles. The summed E-state index contributed by atoms with van der Waals surface area (Å²) in [5, 5.41) is 12.6. The molecule has 15 heavy (non-hydrogen) atoms. The van der Waals surface area contributed by atoms with Crippen LogP contribution >= 0.6 is 0 Å². The van der Waals surface area contributed by atoms with E-state index >= 15 is 0 Å². The molecular weight excluding hydrogens is 188 g/mol. The molecule has 1 rings (SSSR count). The van der Waals surface area contributed by atoms with Gasteiger partial charge in [0.1, 0.15) is 0 Å². The standard InChI is InChI=1S/C12H20N2O/c1-12(2,10(8-13)9-15)14-11-6-4-3-5-7-11/h3-7,10,14-15H,8-9,13H2,1-2H3. The quantitative estimate of drug-likeness (QED) is 0.686. The van der Waals surface area contributed by atoms with Crippen molar-refractivity contribution in [2.24, 2.45) is 11.7 Å². The Kier molecular flexibility index (Phi) is 4.12. The van der Waals surface area contributed by atoms with Crippen molar-refractivity contribution in [3.8, 4) is 0 Å². The SMILES string of the molecule is CC(C)(Nc1ccccc1)C(CN)CO. The van der Waals surface area contributed by atoms with Gasteiger partial charge in [0.2, 0.25) is 0 Å². The van der Waals surface area contributed by atoms with Gasteiger partial charge in [0.05, 0.1) is 0 Å². The Balaban J connectivity index is 2.71. The maximum absolute atomic E-state index is 9.22. The third kappa shape index (κ3) is 3.22. The third-order valence-corrected chi connectivity index (χ3v) is 2.77. The monoisotopic (exact) mass is 208 g/mol. The van der Waals surface area contributed by atoms with Gasteiger partial charge in [-0.05, 0) is 32.5 Å². The summed E-state index contributed by atoms with van der Waals surface area (Å²) in [5.41, 5.74) is 6.47. The fourth-order valence-corrected chi connectivity index (χ4v) is 1.59. The lowest BCUT2D eigenvalue weighted by molar-refractivity contribution is 0.185. The normalized spacial score (nSPS) is 13.6. The Labute approximate surface area is 91.3 Å². The smallest absolute Gasteiger partial charge is 0.0493 e. The first-order valence-electron chi connectivity index (χ1n) is 5.24. The average molecular weight is 208 g/mol. The second-order valence-corrected chi connectivity index (χ2v) is 4.33. The molecular formula is C12H20N2O. The Morgan fingerprint density at radius 1 is 1.33 bits per heavy atom. The van der Waals surface area contributed by atoms with Crippen LogP contribution in [0, 0.1) is 5.92 Å². The van der Waals surface area contributed by atoms with Gasteiger partial charge < -0.3 is 16.2 Å². The van der Waals surface area contributed by atoms with Crippen molar-refractivity contribution in [3.63, 3.8) is 0 Å². The van der Waals surface area contributed by atoms with Gasteiger partial charge >= 0.3 is 0 Å². The van der Waals surface area contributed by atoms with Crippen LogP contribution in [0.5, 0.6) is 0 Å². The molecule has 0 spiro atoms. The predicted molar refractivity (Wildman–Crippen MR) is 63.8 cm³/mol. The second kappa shape index (κ2) is 5.14. The Morgan fingerprint density at radius 2 is 1.93 bits per heavy atom. The summed E-state index contributed by atoms with van der Waals surface area (Å²) in [6.07, 6.45) is 0. The van der Waals surface area contributed by atoms with Crippen molar-refractivity contribution in [2.75, 3.05) is 18.5 Å². The number of hydrogen-bond acceptors (Lipinski definition) is 3. The first-order chi connectivity index (χ1) is 7.10. The van der Waals surface area contributed by atoms with E-state index in [4.69, 9.17) is 5.73 Å². The Morgan fingerprint density at radius 3 is 2.40 bits per heavy atom. The molecule has 0 amide bonds. The minimum atomic E-state index is -0.204. The van der Waals surface area contributed by atoms with E-state index in [0.29, 0.717) is 6.54 Å². The molecule has 0 saturated heterocycles. The lowest BCUT2D eigenvalue weighted by Gasteiger charge is -2.34. The van der Waals surface area contributed by atoms with Gasteiger partial charge in [0.15, 0.2) is 0 Å². The summed E-state index contributed by atoms with van der Waals surface area (Å²) in [6, 6.07) is 9.95. The summed E-state index contributed by atoms with van der Waals surface area (Å²) in [4.78, 5) is 0. The number of benzene rings is 1. The van der Waals surface area contributed by atoms with Crippen LogP contribution in [0.25, 0.3) is 0 Å². The summed E-state index contributed by atoms with van der Waals surface area (Å²) < 4.78 is 0. The molecule has 4 N–H and O–H groups in total. The number of anilines is 1. The number of para-hydroxylation sites is 1. The summed E-state index contributed by atoms with van der Waals surface area (Å²) in [6.45, 7) is 4.67. The summed E-state index contributed by atoms with van der Waals surface area (Å²) in [7, 11) is 0. The molecule has 0 heterocycles. The topological polar surface area (TPSA) is 58.3 Å². The molecule has 3 nitrogen and oxygen atoms in total. The van der Waals surface area contributed by atoms with E-state index in [1.54, 1.807) is 0 Å². The summed E-state index contributed by atoms with van der Waals surface area (Å²) in [5.74, 6) is 0.0534.